The maximum absolute atomic E-state index is 13.3. The molecule has 2 aromatic carbocycles. The molecule has 0 bridgehead atoms. The second-order valence-electron chi connectivity index (χ2n) is 7.89. The van der Waals surface area contributed by atoms with Crippen molar-refractivity contribution >= 4 is 17.5 Å². The molecule has 2 N–H and O–H groups in total. The summed E-state index contributed by atoms with van der Waals surface area (Å²) in [5.41, 5.74) is 3.03. The van der Waals surface area contributed by atoms with Gasteiger partial charge in [0, 0.05) is 11.4 Å². The van der Waals surface area contributed by atoms with Gasteiger partial charge in [-0.2, -0.15) is 10.1 Å². The minimum Gasteiger partial charge on any atom is -0.494 e. The minimum absolute atomic E-state index is 0.177. The molecule has 1 amide bonds. The highest BCUT2D eigenvalue weighted by Gasteiger charge is 2.33. The van der Waals surface area contributed by atoms with Crippen LogP contribution in [0.15, 0.2) is 72.2 Å². The zero-order chi connectivity index (χ0) is 22.3. The fourth-order valence-corrected chi connectivity index (χ4v) is 3.88. The Kier molecular flexibility index (Phi) is 6.84. The first kappa shape index (κ1) is 21.6. The molecule has 3 aromatic rings. The summed E-state index contributed by atoms with van der Waals surface area (Å²) in [7, 11) is 0. The topological polar surface area (TPSA) is 81.1 Å². The summed E-state index contributed by atoms with van der Waals surface area (Å²) in [5.74, 6) is 1.26. The molecule has 0 aliphatic carbocycles. The van der Waals surface area contributed by atoms with Crippen LogP contribution in [0, 0.1) is 0 Å². The van der Waals surface area contributed by atoms with E-state index in [-0.39, 0.29) is 5.91 Å². The van der Waals surface area contributed by atoms with E-state index in [9.17, 15) is 4.79 Å². The molecule has 0 radical (unpaired) electrons. The average Bonchev–Trinajstić information content (AvgIpc) is 3.27. The van der Waals surface area contributed by atoms with Gasteiger partial charge >= 0.3 is 0 Å². The second kappa shape index (κ2) is 10.1. The van der Waals surface area contributed by atoms with Gasteiger partial charge in [-0.05, 0) is 43.2 Å². The molecule has 1 aromatic heterocycles. The largest absolute Gasteiger partial charge is 0.494 e. The molecule has 32 heavy (non-hydrogen) atoms. The Morgan fingerprint density at radius 2 is 1.88 bits per heavy atom. The lowest BCUT2D eigenvalue weighted by Gasteiger charge is -2.28. The van der Waals surface area contributed by atoms with Crippen molar-refractivity contribution in [3.63, 3.8) is 0 Å². The van der Waals surface area contributed by atoms with Crippen LogP contribution in [0.3, 0.4) is 0 Å². The number of aromatic nitrogens is 3. The Morgan fingerprint density at radius 3 is 2.62 bits per heavy atom. The number of rotatable bonds is 9. The predicted octanol–water partition coefficient (Wildman–Crippen LogP) is 5.16. The molecule has 0 fully saturated rings. The van der Waals surface area contributed by atoms with E-state index in [1.165, 1.54) is 25.6 Å². The fraction of sp³-hybridized carbons (Fsp3) is 0.320. The van der Waals surface area contributed by atoms with E-state index in [1.807, 2.05) is 61.5 Å². The van der Waals surface area contributed by atoms with Gasteiger partial charge in [-0.15, -0.1) is 0 Å². The number of benzene rings is 2. The number of nitrogens with one attached hydrogen (secondary N) is 2. The molecule has 0 saturated heterocycles. The number of nitrogens with zero attached hydrogens (tertiary/aromatic N) is 3. The van der Waals surface area contributed by atoms with E-state index >= 15 is 0 Å². The molecule has 1 aliphatic heterocycles. The van der Waals surface area contributed by atoms with Crippen LogP contribution in [0.2, 0.25) is 0 Å². The molecule has 7 heteroatoms. The van der Waals surface area contributed by atoms with Gasteiger partial charge in [0.15, 0.2) is 0 Å². The first-order chi connectivity index (χ1) is 15.7. The Bertz CT molecular complexity index is 1070. The normalized spacial score (nSPS) is 15.1. The molecule has 1 unspecified atom stereocenters. The molecule has 2 heterocycles. The van der Waals surface area contributed by atoms with E-state index < -0.39 is 6.04 Å². The molecular weight excluding hydrogens is 402 g/mol. The Labute approximate surface area is 188 Å². The Balaban J connectivity index is 1.56. The van der Waals surface area contributed by atoms with E-state index in [0.717, 1.165) is 29.1 Å². The van der Waals surface area contributed by atoms with Gasteiger partial charge in [0.05, 0.1) is 12.2 Å². The zero-order valence-electron chi connectivity index (χ0n) is 18.5. The summed E-state index contributed by atoms with van der Waals surface area (Å²) < 4.78 is 7.63. The van der Waals surface area contributed by atoms with Crippen molar-refractivity contribution in [1.29, 1.82) is 0 Å². The summed E-state index contributed by atoms with van der Waals surface area (Å²) in [6.07, 6.45) is 6.18. The van der Waals surface area contributed by atoms with Gasteiger partial charge < -0.3 is 15.4 Å². The van der Waals surface area contributed by atoms with Crippen molar-refractivity contribution in [1.82, 2.24) is 14.8 Å². The van der Waals surface area contributed by atoms with Crippen molar-refractivity contribution in [2.24, 2.45) is 0 Å². The maximum Gasteiger partial charge on any atom is 0.255 e. The molecular formula is C25H29N5O2. The Morgan fingerprint density at radius 1 is 1.09 bits per heavy atom. The van der Waals surface area contributed by atoms with Crippen molar-refractivity contribution in [3.8, 4) is 5.75 Å². The standard InChI is InChI=1S/C25H29N5O2/c1-3-4-5-9-16-32-21-14-12-19(13-15-21)23-22(18(2)28-25-26-17-27-30(23)25)24(31)29-20-10-7-6-8-11-20/h6-8,10-15,17,23H,3-5,9,16H2,1-2H3,(H,29,31)(H,26,27,28). The number of amides is 1. The van der Waals surface area contributed by atoms with E-state index in [0.29, 0.717) is 18.1 Å². The number of unbranched alkanes of at least 4 members (excludes halogenated alkanes) is 3. The molecule has 166 valence electrons. The van der Waals surface area contributed by atoms with Gasteiger partial charge in [0.1, 0.15) is 18.1 Å². The van der Waals surface area contributed by atoms with Crippen LogP contribution in [0.1, 0.15) is 51.1 Å². The summed E-state index contributed by atoms with van der Waals surface area (Å²) in [6, 6.07) is 16.9. The van der Waals surface area contributed by atoms with Crippen molar-refractivity contribution in [3.05, 3.63) is 77.8 Å². The number of anilines is 2. The van der Waals surface area contributed by atoms with Crippen molar-refractivity contribution in [2.75, 3.05) is 17.2 Å². The van der Waals surface area contributed by atoms with Crippen LogP contribution < -0.4 is 15.4 Å². The maximum atomic E-state index is 13.3. The second-order valence-corrected chi connectivity index (χ2v) is 7.89. The van der Waals surface area contributed by atoms with Gasteiger partial charge in [-0.1, -0.05) is 56.5 Å². The SMILES string of the molecule is CCCCCCOc1ccc(C2C(C(=O)Nc3ccccc3)=C(C)Nc3ncnn32)cc1. The third-order valence-corrected chi connectivity index (χ3v) is 5.53. The highest BCUT2D eigenvalue weighted by Crippen LogP contribution is 2.35. The van der Waals surface area contributed by atoms with E-state index in [2.05, 4.69) is 27.6 Å². The average molecular weight is 432 g/mol. The zero-order valence-corrected chi connectivity index (χ0v) is 18.5. The third kappa shape index (κ3) is 4.82. The monoisotopic (exact) mass is 431 g/mol. The number of para-hydroxylation sites is 1. The first-order valence-corrected chi connectivity index (χ1v) is 11.1. The quantitative estimate of drug-likeness (QED) is 0.457. The lowest BCUT2D eigenvalue weighted by atomic mass is 9.95. The predicted molar refractivity (Wildman–Crippen MR) is 126 cm³/mol. The molecule has 0 spiro atoms. The summed E-state index contributed by atoms with van der Waals surface area (Å²) in [5, 5.41) is 10.6. The number of carbonyl (C=O) groups is 1. The molecule has 1 atom stereocenters. The van der Waals surface area contributed by atoms with E-state index in [4.69, 9.17) is 4.74 Å². The summed E-state index contributed by atoms with van der Waals surface area (Å²) in [6.45, 7) is 4.80. The number of fused-ring (bicyclic) bond motifs is 1. The molecule has 7 nitrogen and oxygen atoms in total. The van der Waals surface area contributed by atoms with Crippen LogP contribution in [-0.4, -0.2) is 27.3 Å². The smallest absolute Gasteiger partial charge is 0.255 e. The van der Waals surface area contributed by atoms with Crippen LogP contribution in [0.4, 0.5) is 11.6 Å². The Hall–Kier alpha value is -3.61. The highest BCUT2D eigenvalue weighted by atomic mass is 16.5. The highest BCUT2D eigenvalue weighted by molar-refractivity contribution is 6.06. The third-order valence-electron chi connectivity index (χ3n) is 5.53. The number of hydrogen-bond donors (Lipinski definition) is 2. The lowest BCUT2D eigenvalue weighted by molar-refractivity contribution is -0.113. The number of hydrogen-bond acceptors (Lipinski definition) is 5. The number of carbonyl (C=O) groups excluding carboxylic acids is 1. The van der Waals surface area contributed by atoms with Crippen LogP contribution >= 0.6 is 0 Å². The van der Waals surface area contributed by atoms with Crippen molar-refractivity contribution < 1.29 is 9.53 Å². The van der Waals surface area contributed by atoms with Crippen LogP contribution in [0.25, 0.3) is 0 Å². The first-order valence-electron chi connectivity index (χ1n) is 11.1. The summed E-state index contributed by atoms with van der Waals surface area (Å²) in [4.78, 5) is 17.6. The summed E-state index contributed by atoms with van der Waals surface area (Å²) >= 11 is 0. The van der Waals surface area contributed by atoms with E-state index in [1.54, 1.807) is 4.68 Å². The fourth-order valence-electron chi connectivity index (χ4n) is 3.88. The van der Waals surface area contributed by atoms with Gasteiger partial charge in [-0.25, -0.2) is 4.68 Å². The van der Waals surface area contributed by atoms with Crippen LogP contribution in [-0.2, 0) is 4.79 Å². The van der Waals surface area contributed by atoms with Gasteiger partial charge in [-0.3, -0.25) is 4.79 Å². The molecule has 0 saturated carbocycles. The minimum atomic E-state index is -0.393. The van der Waals surface area contributed by atoms with Crippen molar-refractivity contribution in [2.45, 2.75) is 45.6 Å². The molecule has 1 aliphatic rings. The number of allylic oxidation sites excluding steroid dienone is 1. The van der Waals surface area contributed by atoms with Crippen LogP contribution in [0.5, 0.6) is 5.75 Å². The lowest BCUT2D eigenvalue weighted by Crippen LogP contribution is -2.31. The number of ether oxygens (including phenoxy) is 1. The van der Waals surface area contributed by atoms with Gasteiger partial charge in [0.25, 0.3) is 5.91 Å². The molecule has 4 rings (SSSR count). The van der Waals surface area contributed by atoms with Gasteiger partial charge in [0.2, 0.25) is 5.95 Å².